The van der Waals surface area contributed by atoms with Crippen molar-refractivity contribution >= 4 is 34.9 Å². The summed E-state index contributed by atoms with van der Waals surface area (Å²) in [5.74, 6) is -0.416. The maximum absolute atomic E-state index is 13.3. The van der Waals surface area contributed by atoms with Gasteiger partial charge in [-0.3, -0.25) is 0 Å². The number of anilines is 1. The van der Waals surface area contributed by atoms with Crippen molar-refractivity contribution in [3.8, 4) is 0 Å². The van der Waals surface area contributed by atoms with E-state index in [1.807, 2.05) is 0 Å². The fraction of sp³-hybridized carbons (Fsp3) is 0.316. The van der Waals surface area contributed by atoms with Crippen LogP contribution in [0.2, 0.25) is 10.0 Å². The van der Waals surface area contributed by atoms with Crippen LogP contribution in [-0.2, 0) is 12.0 Å². The minimum Gasteiger partial charge on any atom is -0.376 e. The van der Waals surface area contributed by atoms with Crippen LogP contribution in [0.15, 0.2) is 30.3 Å². The minimum atomic E-state index is -4.89. The zero-order chi connectivity index (χ0) is 21.6. The molecule has 0 saturated carbocycles. The highest BCUT2D eigenvalue weighted by Crippen LogP contribution is 2.52. The van der Waals surface area contributed by atoms with Gasteiger partial charge < -0.3 is 15.7 Å². The van der Waals surface area contributed by atoms with Crippen LogP contribution in [0.25, 0.3) is 0 Å². The lowest BCUT2D eigenvalue weighted by molar-refractivity contribution is -0.265. The molecule has 1 unspecified atom stereocenters. The molecule has 0 heterocycles. The number of aliphatic hydroxyl groups is 1. The number of carbonyl (C=O) groups is 1. The summed E-state index contributed by atoms with van der Waals surface area (Å²) in [7, 11) is 0. The Hall–Kier alpha value is -2.03. The number of fused-ring (bicyclic) bond motifs is 1. The SMILES string of the molecule is C[C@@H](NC(=O)Nc1c(Cl)cc2c(c1Cl)CCC2(O)C(F)(F)F)c1ccc(F)cc1. The van der Waals surface area contributed by atoms with Gasteiger partial charge in [0.2, 0.25) is 0 Å². The first kappa shape index (κ1) is 21.7. The van der Waals surface area contributed by atoms with Gasteiger partial charge in [0.25, 0.3) is 0 Å². The first-order chi connectivity index (χ1) is 13.4. The zero-order valence-corrected chi connectivity index (χ0v) is 16.5. The van der Waals surface area contributed by atoms with Crippen molar-refractivity contribution in [1.82, 2.24) is 5.32 Å². The molecule has 10 heteroatoms. The lowest BCUT2D eigenvalue weighted by atomic mass is 9.95. The third-order valence-electron chi connectivity index (χ3n) is 4.93. The summed E-state index contributed by atoms with van der Waals surface area (Å²) < 4.78 is 52.9. The molecular weight excluding hydrogens is 435 g/mol. The third-order valence-corrected chi connectivity index (χ3v) is 5.64. The summed E-state index contributed by atoms with van der Waals surface area (Å²) in [6.45, 7) is 1.67. The Morgan fingerprint density at radius 3 is 2.45 bits per heavy atom. The van der Waals surface area contributed by atoms with Crippen molar-refractivity contribution in [2.24, 2.45) is 0 Å². The van der Waals surface area contributed by atoms with E-state index in [1.165, 1.54) is 24.3 Å². The lowest BCUT2D eigenvalue weighted by Crippen LogP contribution is -2.40. The Balaban J connectivity index is 1.82. The smallest absolute Gasteiger partial charge is 0.376 e. The van der Waals surface area contributed by atoms with E-state index in [-0.39, 0.29) is 27.7 Å². The van der Waals surface area contributed by atoms with E-state index in [0.29, 0.717) is 5.56 Å². The van der Waals surface area contributed by atoms with E-state index in [4.69, 9.17) is 23.2 Å². The van der Waals surface area contributed by atoms with Crippen LogP contribution < -0.4 is 10.6 Å². The van der Waals surface area contributed by atoms with Gasteiger partial charge in [-0.15, -0.1) is 0 Å². The van der Waals surface area contributed by atoms with Gasteiger partial charge in [0.1, 0.15) is 5.82 Å². The third kappa shape index (κ3) is 4.01. The fourth-order valence-electron chi connectivity index (χ4n) is 3.30. The van der Waals surface area contributed by atoms with E-state index < -0.39 is 41.7 Å². The van der Waals surface area contributed by atoms with Crippen molar-refractivity contribution < 1.29 is 27.5 Å². The molecule has 0 spiro atoms. The van der Waals surface area contributed by atoms with Crippen molar-refractivity contribution in [3.05, 3.63) is 62.9 Å². The quantitative estimate of drug-likeness (QED) is 0.524. The van der Waals surface area contributed by atoms with Crippen molar-refractivity contribution in [2.45, 2.75) is 37.6 Å². The number of rotatable bonds is 3. The van der Waals surface area contributed by atoms with Crippen LogP contribution in [-0.4, -0.2) is 17.3 Å². The number of benzene rings is 2. The highest BCUT2D eigenvalue weighted by Gasteiger charge is 2.58. The van der Waals surface area contributed by atoms with Gasteiger partial charge in [-0.1, -0.05) is 35.3 Å². The summed E-state index contributed by atoms with van der Waals surface area (Å²) in [5, 5.41) is 14.8. The number of hydrogen-bond donors (Lipinski definition) is 3. The highest BCUT2D eigenvalue weighted by molar-refractivity contribution is 6.40. The molecule has 2 amide bonds. The van der Waals surface area contributed by atoms with Gasteiger partial charge in [0.05, 0.1) is 21.8 Å². The van der Waals surface area contributed by atoms with Gasteiger partial charge in [-0.2, -0.15) is 13.2 Å². The average molecular weight is 451 g/mol. The van der Waals surface area contributed by atoms with Gasteiger partial charge in [0, 0.05) is 0 Å². The predicted octanol–water partition coefficient (Wildman–Crippen LogP) is 5.71. The van der Waals surface area contributed by atoms with E-state index in [9.17, 15) is 27.5 Å². The van der Waals surface area contributed by atoms with E-state index >= 15 is 0 Å². The maximum Gasteiger partial charge on any atom is 0.421 e. The van der Waals surface area contributed by atoms with Crippen molar-refractivity contribution in [2.75, 3.05) is 5.32 Å². The van der Waals surface area contributed by atoms with Crippen molar-refractivity contribution in [3.63, 3.8) is 0 Å². The summed E-state index contributed by atoms with van der Waals surface area (Å²) >= 11 is 12.3. The second kappa shape index (κ2) is 7.66. The van der Waals surface area contributed by atoms with Crippen LogP contribution in [0.3, 0.4) is 0 Å². The zero-order valence-electron chi connectivity index (χ0n) is 15.0. The Kier molecular flexibility index (Phi) is 5.73. The van der Waals surface area contributed by atoms with Gasteiger partial charge in [-0.05, 0) is 54.7 Å². The summed E-state index contributed by atoms with van der Waals surface area (Å²) in [5.41, 5.74) is -2.78. The Bertz CT molecular complexity index is 951. The van der Waals surface area contributed by atoms with Crippen LogP contribution in [0, 0.1) is 5.82 Å². The Morgan fingerprint density at radius 1 is 1.24 bits per heavy atom. The molecule has 156 valence electrons. The minimum absolute atomic E-state index is 0.0534. The molecule has 4 nitrogen and oxygen atoms in total. The molecule has 0 bridgehead atoms. The van der Waals surface area contributed by atoms with Gasteiger partial charge >= 0.3 is 12.2 Å². The van der Waals surface area contributed by atoms with Crippen LogP contribution >= 0.6 is 23.2 Å². The molecule has 0 aliphatic heterocycles. The first-order valence-electron chi connectivity index (χ1n) is 8.57. The molecule has 3 N–H and O–H groups in total. The first-order valence-corrected chi connectivity index (χ1v) is 9.33. The normalized spacial score (nSPS) is 19.6. The monoisotopic (exact) mass is 450 g/mol. The van der Waals surface area contributed by atoms with Crippen LogP contribution in [0.4, 0.5) is 28.0 Å². The molecule has 2 aromatic rings. The number of halogens is 6. The molecule has 1 aliphatic carbocycles. The summed E-state index contributed by atoms with van der Waals surface area (Å²) in [4.78, 5) is 12.3. The summed E-state index contributed by atoms with van der Waals surface area (Å²) in [6, 6.07) is 5.30. The maximum atomic E-state index is 13.3. The van der Waals surface area contributed by atoms with E-state index in [2.05, 4.69) is 10.6 Å². The molecule has 2 atom stereocenters. The number of carbonyl (C=O) groups excluding carboxylic acids is 1. The number of nitrogens with one attached hydrogen (secondary N) is 2. The van der Waals surface area contributed by atoms with Crippen LogP contribution in [0.1, 0.15) is 36.1 Å². The van der Waals surface area contributed by atoms with Gasteiger partial charge in [0.15, 0.2) is 5.60 Å². The van der Waals surface area contributed by atoms with Gasteiger partial charge in [-0.25, -0.2) is 9.18 Å². The molecule has 0 fully saturated rings. The molecule has 3 rings (SSSR count). The Morgan fingerprint density at radius 2 is 1.86 bits per heavy atom. The second-order valence-electron chi connectivity index (χ2n) is 6.80. The molecule has 0 saturated heterocycles. The molecule has 29 heavy (non-hydrogen) atoms. The lowest BCUT2D eigenvalue weighted by Gasteiger charge is -2.27. The standard InChI is InChI=1S/C19H16Cl2F4N2O2/c1-9(10-2-4-11(22)5-3-10)26-17(28)27-16-14(20)8-13-12(15(16)21)6-7-18(13,29)19(23,24)25/h2-5,8-9,29H,6-7H2,1H3,(H2,26,27,28)/t9-,18?/m1/s1. The summed E-state index contributed by atoms with van der Waals surface area (Å²) in [6.07, 6.45) is -5.59. The number of alkyl halides is 3. The number of urea groups is 1. The fourth-order valence-corrected chi connectivity index (χ4v) is 3.95. The molecule has 0 aromatic heterocycles. The predicted molar refractivity (Wildman–Crippen MR) is 102 cm³/mol. The van der Waals surface area contributed by atoms with Crippen molar-refractivity contribution in [1.29, 1.82) is 0 Å². The molecule has 0 radical (unpaired) electrons. The molecule has 1 aliphatic rings. The molecule has 2 aromatic carbocycles. The van der Waals surface area contributed by atoms with Crippen LogP contribution in [0.5, 0.6) is 0 Å². The van der Waals surface area contributed by atoms with E-state index in [0.717, 1.165) is 6.07 Å². The van der Waals surface area contributed by atoms with E-state index in [1.54, 1.807) is 6.92 Å². The number of hydrogen-bond acceptors (Lipinski definition) is 2. The Labute approximate surface area is 173 Å². The average Bonchev–Trinajstić information content (AvgIpc) is 2.97. The number of amides is 2. The topological polar surface area (TPSA) is 61.4 Å². The largest absolute Gasteiger partial charge is 0.421 e. The second-order valence-corrected chi connectivity index (χ2v) is 7.59. The molecular formula is C19H16Cl2F4N2O2. The highest BCUT2D eigenvalue weighted by atomic mass is 35.5.